The first-order chi connectivity index (χ1) is 14.7. The lowest BCUT2D eigenvalue weighted by atomic mass is 10.0. The molecule has 1 aliphatic carbocycles. The minimum atomic E-state index is 0.0370. The van der Waals surface area contributed by atoms with Crippen LogP contribution in [0.1, 0.15) is 35.0 Å². The summed E-state index contributed by atoms with van der Waals surface area (Å²) in [5.74, 6) is 1.63. The Morgan fingerprint density at radius 1 is 1.03 bits per heavy atom. The van der Waals surface area contributed by atoms with Gasteiger partial charge in [-0.25, -0.2) is 0 Å². The molecule has 0 unspecified atom stereocenters. The van der Waals surface area contributed by atoms with E-state index >= 15 is 0 Å². The third-order valence-corrected chi connectivity index (χ3v) is 6.10. The first-order valence-corrected chi connectivity index (χ1v) is 10.8. The van der Waals surface area contributed by atoms with Crippen molar-refractivity contribution in [3.63, 3.8) is 0 Å². The van der Waals surface area contributed by atoms with Gasteiger partial charge in [-0.1, -0.05) is 30.3 Å². The number of benzene rings is 2. The van der Waals surface area contributed by atoms with Crippen molar-refractivity contribution in [2.75, 3.05) is 37.7 Å². The maximum atomic E-state index is 13.5. The highest BCUT2D eigenvalue weighted by molar-refractivity contribution is 6.09. The van der Waals surface area contributed by atoms with Gasteiger partial charge in [0.15, 0.2) is 5.82 Å². The number of ether oxygens (including phenoxy) is 1. The first kappa shape index (κ1) is 18.9. The van der Waals surface area contributed by atoms with Crippen molar-refractivity contribution in [1.29, 1.82) is 0 Å². The van der Waals surface area contributed by atoms with Crippen LogP contribution in [-0.4, -0.2) is 53.8 Å². The van der Waals surface area contributed by atoms with E-state index in [0.717, 1.165) is 48.2 Å². The SMILES string of the molecule is CCOc1ccc2ccccc2c1C(=O)N1CCN(c2cc3c(nn2)CCC3)CC1. The van der Waals surface area contributed by atoms with Crippen molar-refractivity contribution in [2.24, 2.45) is 0 Å². The van der Waals surface area contributed by atoms with Crippen LogP contribution in [0.4, 0.5) is 5.82 Å². The molecule has 1 aromatic heterocycles. The second-order valence-corrected chi connectivity index (χ2v) is 7.90. The van der Waals surface area contributed by atoms with E-state index in [1.54, 1.807) is 0 Å². The van der Waals surface area contributed by atoms with E-state index in [1.807, 2.05) is 48.2 Å². The Bertz CT molecular complexity index is 1090. The Hall–Kier alpha value is -3.15. The number of aryl methyl sites for hydroxylation is 2. The van der Waals surface area contributed by atoms with Gasteiger partial charge in [0.25, 0.3) is 5.91 Å². The number of rotatable bonds is 4. The molecule has 154 valence electrons. The lowest BCUT2D eigenvalue weighted by Gasteiger charge is -2.35. The summed E-state index contributed by atoms with van der Waals surface area (Å²) in [5.41, 5.74) is 3.14. The van der Waals surface area contributed by atoms with Gasteiger partial charge < -0.3 is 14.5 Å². The molecule has 6 nitrogen and oxygen atoms in total. The summed E-state index contributed by atoms with van der Waals surface area (Å²) in [5, 5.41) is 10.8. The van der Waals surface area contributed by atoms with Crippen LogP contribution in [0.15, 0.2) is 42.5 Å². The zero-order chi connectivity index (χ0) is 20.5. The Balaban J connectivity index is 1.36. The molecule has 0 bridgehead atoms. The average molecular weight is 402 g/mol. The molecule has 2 heterocycles. The number of hydrogen-bond acceptors (Lipinski definition) is 5. The highest BCUT2D eigenvalue weighted by Crippen LogP contribution is 2.30. The minimum Gasteiger partial charge on any atom is -0.493 e. The number of anilines is 1. The fourth-order valence-electron chi connectivity index (χ4n) is 4.52. The number of nitrogens with zero attached hydrogens (tertiary/aromatic N) is 4. The average Bonchev–Trinajstić information content (AvgIpc) is 3.27. The largest absolute Gasteiger partial charge is 0.493 e. The predicted octanol–water partition coefficient (Wildman–Crippen LogP) is 3.48. The number of carbonyl (C=O) groups excluding carboxylic acids is 1. The molecule has 1 fully saturated rings. The lowest BCUT2D eigenvalue weighted by Crippen LogP contribution is -2.49. The third kappa shape index (κ3) is 3.36. The van der Waals surface area contributed by atoms with E-state index in [-0.39, 0.29) is 5.91 Å². The van der Waals surface area contributed by atoms with Gasteiger partial charge in [0.2, 0.25) is 0 Å². The number of hydrogen-bond donors (Lipinski definition) is 0. The summed E-state index contributed by atoms with van der Waals surface area (Å²) in [6.07, 6.45) is 3.30. The van der Waals surface area contributed by atoms with Crippen LogP contribution >= 0.6 is 0 Å². The number of fused-ring (bicyclic) bond motifs is 2. The second kappa shape index (κ2) is 7.94. The van der Waals surface area contributed by atoms with Gasteiger partial charge in [0.1, 0.15) is 5.75 Å². The smallest absolute Gasteiger partial charge is 0.258 e. The highest BCUT2D eigenvalue weighted by atomic mass is 16.5. The molecule has 1 saturated heterocycles. The maximum Gasteiger partial charge on any atom is 0.258 e. The van der Waals surface area contributed by atoms with Crippen molar-refractivity contribution in [1.82, 2.24) is 15.1 Å². The molecule has 2 aromatic carbocycles. The van der Waals surface area contributed by atoms with Crippen molar-refractivity contribution in [3.05, 3.63) is 59.3 Å². The Kier molecular flexibility index (Phi) is 4.99. The molecule has 0 atom stereocenters. The number of carbonyl (C=O) groups is 1. The van der Waals surface area contributed by atoms with Gasteiger partial charge in [-0.3, -0.25) is 4.79 Å². The first-order valence-electron chi connectivity index (χ1n) is 10.8. The molecule has 1 aliphatic heterocycles. The van der Waals surface area contributed by atoms with E-state index in [2.05, 4.69) is 21.2 Å². The van der Waals surface area contributed by atoms with E-state index < -0.39 is 0 Å². The zero-order valence-electron chi connectivity index (χ0n) is 17.3. The highest BCUT2D eigenvalue weighted by Gasteiger charge is 2.27. The topological polar surface area (TPSA) is 58.6 Å². The quantitative estimate of drug-likeness (QED) is 0.669. The summed E-state index contributed by atoms with van der Waals surface area (Å²) in [6, 6.07) is 14.1. The van der Waals surface area contributed by atoms with Gasteiger partial charge in [-0.2, -0.15) is 5.10 Å². The van der Waals surface area contributed by atoms with E-state index in [1.165, 1.54) is 12.0 Å². The van der Waals surface area contributed by atoms with Crippen LogP contribution < -0.4 is 9.64 Å². The molecule has 0 saturated carbocycles. The normalized spacial score (nSPS) is 16.0. The molecule has 5 rings (SSSR count). The molecule has 0 radical (unpaired) electrons. The van der Waals surface area contributed by atoms with E-state index in [0.29, 0.717) is 31.0 Å². The van der Waals surface area contributed by atoms with Crippen molar-refractivity contribution in [3.8, 4) is 5.75 Å². The van der Waals surface area contributed by atoms with Gasteiger partial charge >= 0.3 is 0 Å². The second-order valence-electron chi connectivity index (χ2n) is 7.90. The number of aromatic nitrogens is 2. The minimum absolute atomic E-state index is 0.0370. The molecule has 1 amide bonds. The van der Waals surface area contributed by atoms with Gasteiger partial charge in [-0.05, 0) is 54.7 Å². The number of amides is 1. The number of piperazine rings is 1. The van der Waals surface area contributed by atoms with Crippen LogP contribution in [-0.2, 0) is 12.8 Å². The molecule has 0 N–H and O–H groups in total. The standard InChI is InChI=1S/C24H26N4O2/c1-2-30-21-11-10-17-6-3-4-8-19(17)23(21)24(29)28-14-12-27(13-15-28)22-16-18-7-5-9-20(18)25-26-22/h3-4,6,8,10-11,16H,2,5,7,9,12-15H2,1H3. The van der Waals surface area contributed by atoms with Gasteiger partial charge in [-0.15, -0.1) is 5.10 Å². The molecule has 30 heavy (non-hydrogen) atoms. The van der Waals surface area contributed by atoms with Crippen LogP contribution in [0, 0.1) is 0 Å². The molecule has 0 spiro atoms. The van der Waals surface area contributed by atoms with Crippen molar-refractivity contribution < 1.29 is 9.53 Å². The zero-order valence-corrected chi connectivity index (χ0v) is 17.3. The maximum absolute atomic E-state index is 13.5. The van der Waals surface area contributed by atoms with Gasteiger partial charge in [0.05, 0.1) is 17.9 Å². The monoisotopic (exact) mass is 402 g/mol. The third-order valence-electron chi connectivity index (χ3n) is 6.10. The summed E-state index contributed by atoms with van der Waals surface area (Å²) in [4.78, 5) is 17.7. The Morgan fingerprint density at radius 2 is 1.87 bits per heavy atom. The lowest BCUT2D eigenvalue weighted by molar-refractivity contribution is 0.0744. The Morgan fingerprint density at radius 3 is 2.70 bits per heavy atom. The Labute approximate surface area is 176 Å². The predicted molar refractivity (Wildman–Crippen MR) is 117 cm³/mol. The molecular formula is C24H26N4O2. The van der Waals surface area contributed by atoms with E-state index in [4.69, 9.17) is 4.74 Å². The van der Waals surface area contributed by atoms with Crippen LogP contribution in [0.2, 0.25) is 0 Å². The van der Waals surface area contributed by atoms with Crippen molar-refractivity contribution in [2.45, 2.75) is 26.2 Å². The molecule has 2 aliphatic rings. The van der Waals surface area contributed by atoms with Crippen LogP contribution in [0.3, 0.4) is 0 Å². The molecular weight excluding hydrogens is 376 g/mol. The van der Waals surface area contributed by atoms with Crippen LogP contribution in [0.5, 0.6) is 5.75 Å². The van der Waals surface area contributed by atoms with E-state index in [9.17, 15) is 4.79 Å². The molecule has 3 aromatic rings. The fraction of sp³-hybridized carbons (Fsp3) is 0.375. The summed E-state index contributed by atoms with van der Waals surface area (Å²) in [6.45, 7) is 5.31. The summed E-state index contributed by atoms with van der Waals surface area (Å²) < 4.78 is 5.81. The summed E-state index contributed by atoms with van der Waals surface area (Å²) in [7, 11) is 0. The summed E-state index contributed by atoms with van der Waals surface area (Å²) >= 11 is 0. The van der Waals surface area contributed by atoms with Gasteiger partial charge in [0, 0.05) is 26.2 Å². The fourth-order valence-corrected chi connectivity index (χ4v) is 4.52. The molecule has 6 heteroatoms. The van der Waals surface area contributed by atoms with Crippen LogP contribution in [0.25, 0.3) is 10.8 Å². The van der Waals surface area contributed by atoms with Crippen molar-refractivity contribution >= 4 is 22.5 Å².